The maximum atomic E-state index is 13.3. The predicted octanol–water partition coefficient (Wildman–Crippen LogP) is 4.15. The smallest absolute Gasteiger partial charge is 0.261 e. The fourth-order valence-corrected chi connectivity index (χ4v) is 3.54. The molecule has 1 atom stereocenters. The fourth-order valence-electron chi connectivity index (χ4n) is 3.36. The number of rotatable bonds is 3. The first-order valence-corrected chi connectivity index (χ1v) is 8.64. The van der Waals surface area contributed by atoms with E-state index in [4.69, 9.17) is 21.1 Å². The molecule has 0 saturated heterocycles. The van der Waals surface area contributed by atoms with Crippen molar-refractivity contribution in [1.82, 2.24) is 4.98 Å². The summed E-state index contributed by atoms with van der Waals surface area (Å²) in [6.07, 6.45) is 3.79. The van der Waals surface area contributed by atoms with Gasteiger partial charge in [-0.25, -0.2) is 0 Å². The summed E-state index contributed by atoms with van der Waals surface area (Å²) >= 11 is 6.15. The van der Waals surface area contributed by atoms with Gasteiger partial charge >= 0.3 is 0 Å². The molecule has 3 aromatic rings. The molecule has 6 heteroatoms. The molecule has 1 amide bonds. The molecule has 1 N–H and O–H groups in total. The van der Waals surface area contributed by atoms with Crippen LogP contribution in [0.4, 0.5) is 5.69 Å². The van der Waals surface area contributed by atoms with Crippen molar-refractivity contribution in [3.8, 4) is 5.75 Å². The van der Waals surface area contributed by atoms with Gasteiger partial charge in [-0.3, -0.25) is 9.78 Å². The Bertz CT molecular complexity index is 986. The number of pyridine rings is 1. The summed E-state index contributed by atoms with van der Waals surface area (Å²) in [4.78, 5) is 17.5. The fraction of sp³-hybridized carbons (Fsp3) is 0.200. The molecule has 2 aromatic carbocycles. The van der Waals surface area contributed by atoms with Gasteiger partial charge < -0.3 is 14.8 Å². The van der Waals surface area contributed by atoms with Crippen LogP contribution in [0.25, 0.3) is 10.8 Å². The second-order valence-corrected chi connectivity index (χ2v) is 6.57. The van der Waals surface area contributed by atoms with Crippen molar-refractivity contribution in [1.29, 1.82) is 0 Å². The lowest BCUT2D eigenvalue weighted by molar-refractivity contribution is -0.142. The van der Waals surface area contributed by atoms with E-state index in [2.05, 4.69) is 10.3 Å². The molecule has 0 spiro atoms. The van der Waals surface area contributed by atoms with Crippen LogP contribution in [-0.2, 0) is 15.1 Å². The van der Waals surface area contributed by atoms with Gasteiger partial charge in [-0.2, -0.15) is 0 Å². The van der Waals surface area contributed by atoms with Crippen LogP contribution in [0, 0.1) is 0 Å². The zero-order valence-electron chi connectivity index (χ0n) is 14.2. The number of carbonyl (C=O) groups excluding carboxylic acids is 1. The number of fused-ring (bicyclic) bond motifs is 2. The average Bonchev–Trinajstić information content (AvgIpc) is 2.67. The Morgan fingerprint density at radius 3 is 2.96 bits per heavy atom. The highest BCUT2D eigenvalue weighted by Crippen LogP contribution is 2.42. The third-order valence-corrected chi connectivity index (χ3v) is 4.96. The van der Waals surface area contributed by atoms with Crippen LogP contribution < -0.4 is 10.1 Å². The highest BCUT2D eigenvalue weighted by Gasteiger charge is 2.45. The first-order chi connectivity index (χ1) is 12.6. The van der Waals surface area contributed by atoms with E-state index in [1.54, 1.807) is 30.6 Å². The van der Waals surface area contributed by atoms with E-state index in [0.717, 1.165) is 10.8 Å². The number of hydrogen-bond donors (Lipinski definition) is 1. The molecular formula is C20H17ClN2O3. The molecule has 0 radical (unpaired) electrons. The van der Waals surface area contributed by atoms with Gasteiger partial charge in [-0.15, -0.1) is 0 Å². The first-order valence-electron chi connectivity index (χ1n) is 8.26. The van der Waals surface area contributed by atoms with Gasteiger partial charge in [-0.05, 0) is 18.2 Å². The molecule has 1 aromatic heterocycles. The molecule has 0 bridgehead atoms. The highest BCUT2D eigenvalue weighted by molar-refractivity contribution is 6.30. The quantitative estimate of drug-likeness (QED) is 0.754. The van der Waals surface area contributed by atoms with Crippen molar-refractivity contribution in [2.45, 2.75) is 12.0 Å². The molecule has 0 saturated carbocycles. The number of methoxy groups -OCH3 is 1. The molecule has 0 unspecified atom stereocenters. The third kappa shape index (κ3) is 2.69. The van der Waals surface area contributed by atoms with E-state index in [1.165, 1.54) is 7.11 Å². The van der Waals surface area contributed by atoms with Crippen molar-refractivity contribution in [2.75, 3.05) is 19.0 Å². The normalized spacial score (nSPS) is 18.8. The number of nitrogens with one attached hydrogen (secondary N) is 1. The number of ether oxygens (including phenoxy) is 2. The number of hydrogen-bond acceptors (Lipinski definition) is 4. The van der Waals surface area contributed by atoms with Gasteiger partial charge in [0.1, 0.15) is 5.75 Å². The topological polar surface area (TPSA) is 60.5 Å². The van der Waals surface area contributed by atoms with E-state index in [0.29, 0.717) is 35.1 Å². The van der Waals surface area contributed by atoms with Gasteiger partial charge in [0.15, 0.2) is 5.60 Å². The van der Waals surface area contributed by atoms with Gasteiger partial charge in [0, 0.05) is 41.1 Å². The average molecular weight is 369 g/mol. The monoisotopic (exact) mass is 368 g/mol. The van der Waals surface area contributed by atoms with Gasteiger partial charge in [0.25, 0.3) is 5.91 Å². The third-order valence-electron chi connectivity index (χ3n) is 4.72. The van der Waals surface area contributed by atoms with Crippen molar-refractivity contribution in [3.05, 3.63) is 65.4 Å². The van der Waals surface area contributed by atoms with E-state index in [-0.39, 0.29) is 5.91 Å². The van der Waals surface area contributed by atoms with Crippen molar-refractivity contribution >= 4 is 34.0 Å². The second kappa shape index (κ2) is 6.59. The Kier molecular flexibility index (Phi) is 4.26. The van der Waals surface area contributed by atoms with E-state index >= 15 is 0 Å². The standard InChI is InChI=1S/C20H17ClN2O3/c1-25-20(8-9-26-18-7-6-14(21)10-16(18)20)19(24)23-17-12-22-11-13-4-2-3-5-15(13)17/h2-7,10-12H,8-9H2,1H3,(H,23,24)/t20-/m1/s1. The number of anilines is 1. The summed E-state index contributed by atoms with van der Waals surface area (Å²) in [6, 6.07) is 13.0. The summed E-state index contributed by atoms with van der Waals surface area (Å²) in [5.74, 6) is 0.332. The minimum atomic E-state index is -1.17. The van der Waals surface area contributed by atoms with Crippen LogP contribution in [0.3, 0.4) is 0 Å². The summed E-state index contributed by atoms with van der Waals surface area (Å²) in [5, 5.41) is 5.37. The molecule has 5 nitrogen and oxygen atoms in total. The zero-order chi connectivity index (χ0) is 18.1. The van der Waals surface area contributed by atoms with Crippen LogP contribution in [0.1, 0.15) is 12.0 Å². The zero-order valence-corrected chi connectivity index (χ0v) is 14.9. The Hall–Kier alpha value is -2.63. The lowest BCUT2D eigenvalue weighted by atomic mass is 9.86. The van der Waals surface area contributed by atoms with E-state index in [9.17, 15) is 4.79 Å². The second-order valence-electron chi connectivity index (χ2n) is 6.13. The van der Waals surface area contributed by atoms with E-state index in [1.807, 2.05) is 24.3 Å². The highest BCUT2D eigenvalue weighted by atomic mass is 35.5. The Labute approximate surface area is 155 Å². The van der Waals surface area contributed by atoms with Gasteiger partial charge in [-0.1, -0.05) is 35.9 Å². The molecule has 1 aliphatic heterocycles. The van der Waals surface area contributed by atoms with Crippen molar-refractivity contribution in [2.24, 2.45) is 0 Å². The van der Waals surface area contributed by atoms with Crippen molar-refractivity contribution < 1.29 is 14.3 Å². The maximum absolute atomic E-state index is 13.3. The molecule has 0 fully saturated rings. The lowest BCUT2D eigenvalue weighted by Crippen LogP contribution is -2.45. The summed E-state index contributed by atoms with van der Waals surface area (Å²) < 4.78 is 11.4. The van der Waals surface area contributed by atoms with Gasteiger partial charge in [0.2, 0.25) is 0 Å². The van der Waals surface area contributed by atoms with E-state index < -0.39 is 5.60 Å². The summed E-state index contributed by atoms with van der Waals surface area (Å²) in [7, 11) is 1.52. The number of benzene rings is 2. The van der Waals surface area contributed by atoms with Crippen LogP contribution >= 0.6 is 11.6 Å². The van der Waals surface area contributed by atoms with Crippen LogP contribution in [0.15, 0.2) is 54.9 Å². The first kappa shape index (κ1) is 16.8. The molecule has 26 heavy (non-hydrogen) atoms. The molecule has 0 aliphatic carbocycles. The van der Waals surface area contributed by atoms with Crippen LogP contribution in [0.2, 0.25) is 5.02 Å². The lowest BCUT2D eigenvalue weighted by Gasteiger charge is -2.36. The van der Waals surface area contributed by atoms with Gasteiger partial charge in [0.05, 0.1) is 18.5 Å². The SMILES string of the molecule is CO[C@]1(C(=O)Nc2cncc3ccccc23)CCOc2ccc(Cl)cc21. The largest absolute Gasteiger partial charge is 0.493 e. The molecule has 132 valence electrons. The Morgan fingerprint density at radius 2 is 2.12 bits per heavy atom. The molecular weight excluding hydrogens is 352 g/mol. The number of amides is 1. The molecule has 1 aliphatic rings. The minimum Gasteiger partial charge on any atom is -0.493 e. The minimum absolute atomic E-state index is 0.273. The number of nitrogens with zero attached hydrogens (tertiary/aromatic N) is 1. The number of halogens is 1. The Morgan fingerprint density at radius 1 is 1.27 bits per heavy atom. The molecule has 4 rings (SSSR count). The summed E-state index contributed by atoms with van der Waals surface area (Å²) in [5.41, 5.74) is 0.0964. The molecule has 2 heterocycles. The van der Waals surface area contributed by atoms with Crippen molar-refractivity contribution in [3.63, 3.8) is 0 Å². The predicted molar refractivity (Wildman–Crippen MR) is 101 cm³/mol. The number of aromatic nitrogens is 1. The Balaban J connectivity index is 1.76. The van der Waals surface area contributed by atoms with Crippen LogP contribution in [0.5, 0.6) is 5.75 Å². The summed E-state index contributed by atoms with van der Waals surface area (Å²) in [6.45, 7) is 0.379. The van der Waals surface area contributed by atoms with Crippen LogP contribution in [-0.4, -0.2) is 24.6 Å². The maximum Gasteiger partial charge on any atom is 0.261 e. The number of carbonyl (C=O) groups is 1.